The minimum absolute atomic E-state index is 0.581. The number of halogens is 1. The molecule has 0 fully saturated rings. The smallest absolute Gasteiger partial charge is 0.119 e. The van der Waals surface area contributed by atoms with Crippen molar-refractivity contribution in [1.29, 1.82) is 0 Å². The molecule has 88 valence electrons. The van der Waals surface area contributed by atoms with E-state index in [1.54, 1.807) is 0 Å². The van der Waals surface area contributed by atoms with Crippen molar-refractivity contribution in [2.24, 2.45) is 0 Å². The van der Waals surface area contributed by atoms with Crippen molar-refractivity contribution in [2.45, 2.75) is 13.3 Å². The van der Waals surface area contributed by atoms with Gasteiger partial charge in [0.2, 0.25) is 0 Å². The van der Waals surface area contributed by atoms with Crippen LogP contribution in [0.1, 0.15) is 13.3 Å². The predicted molar refractivity (Wildman–Crippen MR) is 69.9 cm³/mol. The van der Waals surface area contributed by atoms with E-state index in [0.29, 0.717) is 13.2 Å². The van der Waals surface area contributed by atoms with Crippen molar-refractivity contribution in [2.75, 3.05) is 19.8 Å². The molecule has 2 nitrogen and oxygen atoms in total. The first-order valence-electron chi connectivity index (χ1n) is 5.29. The van der Waals surface area contributed by atoms with Crippen molar-refractivity contribution in [3.8, 4) is 5.75 Å². The van der Waals surface area contributed by atoms with Crippen LogP contribution in [0.25, 0.3) is 0 Å². The van der Waals surface area contributed by atoms with E-state index in [2.05, 4.69) is 22.5 Å². The largest absolute Gasteiger partial charge is 0.491 e. The first kappa shape index (κ1) is 13.3. The highest BCUT2D eigenvalue weighted by Gasteiger charge is 1.94. The summed E-state index contributed by atoms with van der Waals surface area (Å²) in [4.78, 5) is 0. The Morgan fingerprint density at radius 3 is 2.50 bits per heavy atom. The maximum Gasteiger partial charge on any atom is 0.119 e. The standard InChI is InChI=1S/C13H17BrO2/c1-11(2)7-8-15-9-10-16-13-5-3-12(14)4-6-13/h3-6H,1,7-10H2,2H3. The van der Waals surface area contributed by atoms with Crippen molar-refractivity contribution in [3.63, 3.8) is 0 Å². The second kappa shape index (κ2) is 7.47. The van der Waals surface area contributed by atoms with E-state index in [1.165, 1.54) is 0 Å². The van der Waals surface area contributed by atoms with E-state index >= 15 is 0 Å². The highest BCUT2D eigenvalue weighted by molar-refractivity contribution is 9.10. The van der Waals surface area contributed by atoms with Gasteiger partial charge in [0.15, 0.2) is 0 Å². The number of rotatable bonds is 7. The molecule has 3 heteroatoms. The molecular weight excluding hydrogens is 268 g/mol. The SMILES string of the molecule is C=C(C)CCOCCOc1ccc(Br)cc1. The maximum atomic E-state index is 5.50. The molecule has 0 saturated carbocycles. The highest BCUT2D eigenvalue weighted by atomic mass is 79.9. The van der Waals surface area contributed by atoms with Crippen LogP contribution in [0.5, 0.6) is 5.75 Å². The third-order valence-electron chi connectivity index (χ3n) is 1.98. The van der Waals surface area contributed by atoms with Gasteiger partial charge in [-0.3, -0.25) is 0 Å². The molecule has 0 aromatic heterocycles. The van der Waals surface area contributed by atoms with Gasteiger partial charge in [0.05, 0.1) is 13.2 Å². The predicted octanol–water partition coefficient (Wildman–Crippen LogP) is 3.81. The summed E-state index contributed by atoms with van der Waals surface area (Å²) in [5.74, 6) is 0.867. The Hall–Kier alpha value is -0.800. The summed E-state index contributed by atoms with van der Waals surface area (Å²) >= 11 is 3.37. The van der Waals surface area contributed by atoms with Crippen LogP contribution in [-0.4, -0.2) is 19.8 Å². The monoisotopic (exact) mass is 284 g/mol. The summed E-state index contributed by atoms with van der Waals surface area (Å²) in [6.45, 7) is 7.73. The van der Waals surface area contributed by atoms with Crippen LogP contribution in [0.2, 0.25) is 0 Å². The normalized spacial score (nSPS) is 10.1. The van der Waals surface area contributed by atoms with E-state index in [4.69, 9.17) is 9.47 Å². The number of hydrogen-bond donors (Lipinski definition) is 0. The van der Waals surface area contributed by atoms with Gasteiger partial charge in [-0.15, -0.1) is 6.58 Å². The van der Waals surface area contributed by atoms with Crippen molar-refractivity contribution < 1.29 is 9.47 Å². The molecule has 0 amide bonds. The zero-order chi connectivity index (χ0) is 11.8. The molecule has 0 spiro atoms. The lowest BCUT2D eigenvalue weighted by Gasteiger charge is -2.07. The number of benzene rings is 1. The molecular formula is C13H17BrO2. The topological polar surface area (TPSA) is 18.5 Å². The first-order chi connectivity index (χ1) is 7.68. The average molecular weight is 285 g/mol. The molecule has 0 aliphatic carbocycles. The Balaban J connectivity index is 2.07. The third kappa shape index (κ3) is 5.93. The Labute approximate surface area is 105 Å². The minimum atomic E-state index is 0.581. The molecule has 0 heterocycles. The zero-order valence-electron chi connectivity index (χ0n) is 9.54. The lowest BCUT2D eigenvalue weighted by molar-refractivity contribution is 0.102. The van der Waals surface area contributed by atoms with E-state index in [1.807, 2.05) is 31.2 Å². The number of ether oxygens (including phenoxy) is 2. The lowest BCUT2D eigenvalue weighted by atomic mass is 10.3. The van der Waals surface area contributed by atoms with Crippen molar-refractivity contribution in [1.82, 2.24) is 0 Å². The van der Waals surface area contributed by atoms with Gasteiger partial charge >= 0.3 is 0 Å². The van der Waals surface area contributed by atoms with Gasteiger partial charge < -0.3 is 9.47 Å². The summed E-state index contributed by atoms with van der Waals surface area (Å²) in [6, 6.07) is 7.77. The van der Waals surface area contributed by atoms with Crippen LogP contribution in [0.3, 0.4) is 0 Å². The molecule has 0 radical (unpaired) electrons. The van der Waals surface area contributed by atoms with Crippen LogP contribution in [0.4, 0.5) is 0 Å². The van der Waals surface area contributed by atoms with Crippen molar-refractivity contribution >= 4 is 15.9 Å². The fourth-order valence-electron chi connectivity index (χ4n) is 1.10. The quantitative estimate of drug-likeness (QED) is 0.560. The molecule has 1 rings (SSSR count). The number of hydrogen-bond acceptors (Lipinski definition) is 2. The molecule has 0 aliphatic rings. The second-order valence-corrected chi connectivity index (χ2v) is 4.54. The van der Waals surface area contributed by atoms with Crippen LogP contribution in [-0.2, 0) is 4.74 Å². The van der Waals surface area contributed by atoms with E-state index in [0.717, 1.165) is 28.8 Å². The highest BCUT2D eigenvalue weighted by Crippen LogP contribution is 2.15. The average Bonchev–Trinajstić information content (AvgIpc) is 2.25. The van der Waals surface area contributed by atoms with Crippen LogP contribution < -0.4 is 4.74 Å². The Kier molecular flexibility index (Phi) is 6.19. The van der Waals surface area contributed by atoms with E-state index in [-0.39, 0.29) is 0 Å². The van der Waals surface area contributed by atoms with Crippen molar-refractivity contribution in [3.05, 3.63) is 40.9 Å². The van der Waals surface area contributed by atoms with Gasteiger partial charge in [-0.25, -0.2) is 0 Å². The molecule has 1 aromatic rings. The molecule has 1 aromatic carbocycles. The van der Waals surface area contributed by atoms with Crippen LogP contribution in [0.15, 0.2) is 40.9 Å². The van der Waals surface area contributed by atoms with E-state index < -0.39 is 0 Å². The Morgan fingerprint density at radius 1 is 1.19 bits per heavy atom. The molecule has 0 N–H and O–H groups in total. The summed E-state index contributed by atoms with van der Waals surface area (Å²) in [7, 11) is 0. The molecule has 0 unspecified atom stereocenters. The summed E-state index contributed by atoms with van der Waals surface area (Å²) in [5, 5.41) is 0. The molecule has 16 heavy (non-hydrogen) atoms. The van der Waals surface area contributed by atoms with Gasteiger partial charge in [-0.2, -0.15) is 0 Å². The van der Waals surface area contributed by atoms with Gasteiger partial charge in [0, 0.05) is 4.47 Å². The Morgan fingerprint density at radius 2 is 1.88 bits per heavy atom. The summed E-state index contributed by atoms with van der Waals surface area (Å²) < 4.78 is 11.9. The molecule has 0 bridgehead atoms. The Bertz CT molecular complexity index is 319. The van der Waals surface area contributed by atoms with Gasteiger partial charge in [0.25, 0.3) is 0 Å². The zero-order valence-corrected chi connectivity index (χ0v) is 11.1. The van der Waals surface area contributed by atoms with Gasteiger partial charge in [-0.1, -0.05) is 21.5 Å². The summed E-state index contributed by atoms with van der Waals surface area (Å²) in [6.07, 6.45) is 0.915. The summed E-state index contributed by atoms with van der Waals surface area (Å²) in [5.41, 5.74) is 1.15. The van der Waals surface area contributed by atoms with Crippen LogP contribution in [0, 0.1) is 0 Å². The third-order valence-corrected chi connectivity index (χ3v) is 2.51. The molecule has 0 aliphatic heterocycles. The molecule has 0 atom stereocenters. The molecule has 0 saturated heterocycles. The lowest BCUT2D eigenvalue weighted by Crippen LogP contribution is -2.07. The van der Waals surface area contributed by atoms with Gasteiger partial charge in [0.1, 0.15) is 12.4 Å². The fourth-order valence-corrected chi connectivity index (χ4v) is 1.36. The maximum absolute atomic E-state index is 5.50. The fraction of sp³-hybridized carbons (Fsp3) is 0.385. The van der Waals surface area contributed by atoms with Crippen LogP contribution >= 0.6 is 15.9 Å². The second-order valence-electron chi connectivity index (χ2n) is 3.62. The van der Waals surface area contributed by atoms with Gasteiger partial charge in [-0.05, 0) is 37.6 Å². The minimum Gasteiger partial charge on any atom is -0.491 e. The first-order valence-corrected chi connectivity index (χ1v) is 6.08. The van der Waals surface area contributed by atoms with E-state index in [9.17, 15) is 0 Å².